The van der Waals surface area contributed by atoms with Gasteiger partial charge in [-0.25, -0.2) is 0 Å². The molecule has 1 aromatic carbocycles. The molecule has 100 valence electrons. The van der Waals surface area contributed by atoms with Gasteiger partial charge in [0, 0.05) is 6.54 Å². The number of rotatable bonds is 5. The standard InChI is InChI=1S/C15H24N2O/c1-11(2)13-4-5-14(15(8-13)18-3)17-10-12-6-7-16-9-12/h4-5,8,11-12,16-17H,6-7,9-10H2,1-3H3. The van der Waals surface area contributed by atoms with Crippen molar-refractivity contribution in [3.8, 4) is 5.75 Å². The molecule has 3 nitrogen and oxygen atoms in total. The fourth-order valence-electron chi connectivity index (χ4n) is 2.36. The summed E-state index contributed by atoms with van der Waals surface area (Å²) in [4.78, 5) is 0. The Kier molecular flexibility index (Phi) is 4.48. The lowest BCUT2D eigenvalue weighted by atomic mass is 10.0. The number of hydrogen-bond acceptors (Lipinski definition) is 3. The second-order valence-corrected chi connectivity index (χ2v) is 5.35. The van der Waals surface area contributed by atoms with Crippen LogP contribution in [0.2, 0.25) is 0 Å². The summed E-state index contributed by atoms with van der Waals surface area (Å²) in [6.07, 6.45) is 1.26. The fourth-order valence-corrected chi connectivity index (χ4v) is 2.36. The fraction of sp³-hybridized carbons (Fsp3) is 0.600. The second kappa shape index (κ2) is 6.10. The third-order valence-corrected chi connectivity index (χ3v) is 3.64. The molecule has 3 heteroatoms. The van der Waals surface area contributed by atoms with Gasteiger partial charge < -0.3 is 15.4 Å². The Morgan fingerprint density at radius 3 is 2.89 bits per heavy atom. The highest BCUT2D eigenvalue weighted by atomic mass is 16.5. The molecule has 0 aromatic heterocycles. The molecule has 1 heterocycles. The van der Waals surface area contributed by atoms with Crippen LogP contribution in [0.25, 0.3) is 0 Å². The van der Waals surface area contributed by atoms with E-state index in [1.54, 1.807) is 7.11 Å². The van der Waals surface area contributed by atoms with E-state index < -0.39 is 0 Å². The van der Waals surface area contributed by atoms with Crippen LogP contribution in [0.5, 0.6) is 5.75 Å². The van der Waals surface area contributed by atoms with Crippen LogP contribution in [0, 0.1) is 5.92 Å². The molecule has 1 aliphatic heterocycles. The minimum absolute atomic E-state index is 0.534. The van der Waals surface area contributed by atoms with Crippen LogP contribution in [-0.4, -0.2) is 26.7 Å². The van der Waals surface area contributed by atoms with Crippen LogP contribution in [0.15, 0.2) is 18.2 Å². The van der Waals surface area contributed by atoms with Crippen molar-refractivity contribution in [3.05, 3.63) is 23.8 Å². The Morgan fingerprint density at radius 2 is 2.28 bits per heavy atom. The van der Waals surface area contributed by atoms with Crippen LogP contribution < -0.4 is 15.4 Å². The third kappa shape index (κ3) is 3.16. The molecule has 1 fully saturated rings. The van der Waals surface area contributed by atoms with E-state index in [0.29, 0.717) is 5.92 Å². The van der Waals surface area contributed by atoms with E-state index >= 15 is 0 Å². The molecule has 18 heavy (non-hydrogen) atoms. The predicted octanol–water partition coefficient (Wildman–Crippen LogP) is 2.84. The van der Waals surface area contributed by atoms with Gasteiger partial charge in [0.1, 0.15) is 5.75 Å². The Morgan fingerprint density at radius 1 is 1.44 bits per heavy atom. The van der Waals surface area contributed by atoms with Crippen LogP contribution in [0.3, 0.4) is 0 Å². The summed E-state index contributed by atoms with van der Waals surface area (Å²) in [7, 11) is 1.74. The largest absolute Gasteiger partial charge is 0.495 e. The van der Waals surface area contributed by atoms with Crippen molar-refractivity contribution < 1.29 is 4.74 Å². The zero-order valence-electron chi connectivity index (χ0n) is 11.6. The van der Waals surface area contributed by atoms with Crippen molar-refractivity contribution in [1.29, 1.82) is 0 Å². The van der Waals surface area contributed by atoms with E-state index in [1.165, 1.54) is 12.0 Å². The lowest BCUT2D eigenvalue weighted by molar-refractivity contribution is 0.415. The summed E-state index contributed by atoms with van der Waals surface area (Å²) in [5.41, 5.74) is 2.42. The summed E-state index contributed by atoms with van der Waals surface area (Å²) < 4.78 is 5.47. The quantitative estimate of drug-likeness (QED) is 0.840. The highest BCUT2D eigenvalue weighted by Gasteiger charge is 2.15. The van der Waals surface area contributed by atoms with Gasteiger partial charge in [0.2, 0.25) is 0 Å². The minimum Gasteiger partial charge on any atom is -0.495 e. The van der Waals surface area contributed by atoms with Crippen molar-refractivity contribution in [2.24, 2.45) is 5.92 Å². The monoisotopic (exact) mass is 248 g/mol. The van der Waals surface area contributed by atoms with Gasteiger partial charge in [-0.1, -0.05) is 19.9 Å². The maximum absolute atomic E-state index is 5.47. The summed E-state index contributed by atoms with van der Waals surface area (Å²) in [6.45, 7) is 7.69. The Balaban J connectivity index is 2.02. The highest BCUT2D eigenvalue weighted by molar-refractivity contribution is 5.58. The van der Waals surface area contributed by atoms with E-state index in [4.69, 9.17) is 4.74 Å². The van der Waals surface area contributed by atoms with Crippen molar-refractivity contribution >= 4 is 5.69 Å². The van der Waals surface area contributed by atoms with E-state index in [0.717, 1.165) is 37.0 Å². The number of anilines is 1. The average Bonchev–Trinajstić information content (AvgIpc) is 2.89. The van der Waals surface area contributed by atoms with Gasteiger partial charge in [-0.3, -0.25) is 0 Å². The third-order valence-electron chi connectivity index (χ3n) is 3.64. The lowest BCUT2D eigenvalue weighted by Gasteiger charge is -2.16. The molecule has 1 aliphatic rings. The molecular formula is C15H24N2O. The van der Waals surface area contributed by atoms with Gasteiger partial charge in [-0.05, 0) is 49.0 Å². The maximum Gasteiger partial charge on any atom is 0.142 e. The summed E-state index contributed by atoms with van der Waals surface area (Å²) >= 11 is 0. The van der Waals surface area contributed by atoms with Gasteiger partial charge >= 0.3 is 0 Å². The van der Waals surface area contributed by atoms with Gasteiger partial charge in [-0.2, -0.15) is 0 Å². The molecular weight excluding hydrogens is 224 g/mol. The maximum atomic E-state index is 5.47. The lowest BCUT2D eigenvalue weighted by Crippen LogP contribution is -2.17. The zero-order chi connectivity index (χ0) is 13.0. The van der Waals surface area contributed by atoms with Crippen molar-refractivity contribution in [2.45, 2.75) is 26.2 Å². The smallest absolute Gasteiger partial charge is 0.142 e. The van der Waals surface area contributed by atoms with Gasteiger partial charge in [-0.15, -0.1) is 0 Å². The average molecular weight is 248 g/mol. The molecule has 0 saturated carbocycles. The molecule has 0 amide bonds. The SMILES string of the molecule is COc1cc(C(C)C)ccc1NCC1CCNC1. The molecule has 1 unspecified atom stereocenters. The Hall–Kier alpha value is -1.22. The van der Waals surface area contributed by atoms with Crippen LogP contribution in [-0.2, 0) is 0 Å². The molecule has 0 aliphatic carbocycles. The van der Waals surface area contributed by atoms with Crippen molar-refractivity contribution in [1.82, 2.24) is 5.32 Å². The van der Waals surface area contributed by atoms with Crippen molar-refractivity contribution in [2.75, 3.05) is 32.1 Å². The summed E-state index contributed by atoms with van der Waals surface area (Å²) in [5, 5.41) is 6.90. The topological polar surface area (TPSA) is 33.3 Å². The van der Waals surface area contributed by atoms with Crippen LogP contribution >= 0.6 is 0 Å². The highest BCUT2D eigenvalue weighted by Crippen LogP contribution is 2.29. The van der Waals surface area contributed by atoms with E-state index in [-0.39, 0.29) is 0 Å². The number of hydrogen-bond donors (Lipinski definition) is 2. The first-order chi connectivity index (χ1) is 8.70. The van der Waals surface area contributed by atoms with E-state index in [9.17, 15) is 0 Å². The van der Waals surface area contributed by atoms with Crippen LogP contribution in [0.1, 0.15) is 31.7 Å². The zero-order valence-corrected chi connectivity index (χ0v) is 11.6. The Labute approximate surface area is 110 Å². The number of ether oxygens (including phenoxy) is 1. The molecule has 1 atom stereocenters. The van der Waals surface area contributed by atoms with Crippen molar-refractivity contribution in [3.63, 3.8) is 0 Å². The normalized spacial score (nSPS) is 19.2. The van der Waals surface area contributed by atoms with Gasteiger partial charge in [0.15, 0.2) is 0 Å². The first kappa shape index (κ1) is 13.2. The summed E-state index contributed by atoms with van der Waals surface area (Å²) in [6, 6.07) is 6.46. The molecule has 1 aromatic rings. The molecule has 0 spiro atoms. The number of benzene rings is 1. The van der Waals surface area contributed by atoms with Gasteiger partial charge in [0.05, 0.1) is 12.8 Å². The molecule has 0 radical (unpaired) electrons. The van der Waals surface area contributed by atoms with E-state index in [1.807, 2.05) is 0 Å². The van der Waals surface area contributed by atoms with Gasteiger partial charge in [0.25, 0.3) is 0 Å². The predicted molar refractivity (Wildman–Crippen MR) is 76.5 cm³/mol. The first-order valence-corrected chi connectivity index (χ1v) is 6.83. The minimum atomic E-state index is 0.534. The number of nitrogens with one attached hydrogen (secondary N) is 2. The Bertz CT molecular complexity index is 384. The molecule has 1 saturated heterocycles. The van der Waals surface area contributed by atoms with E-state index in [2.05, 4.69) is 42.7 Å². The number of methoxy groups -OCH3 is 1. The molecule has 2 N–H and O–H groups in total. The second-order valence-electron chi connectivity index (χ2n) is 5.35. The summed E-state index contributed by atoms with van der Waals surface area (Å²) in [5.74, 6) is 2.22. The molecule has 2 rings (SSSR count). The first-order valence-electron chi connectivity index (χ1n) is 6.83. The molecule has 0 bridgehead atoms. The van der Waals surface area contributed by atoms with Crippen LogP contribution in [0.4, 0.5) is 5.69 Å².